The summed E-state index contributed by atoms with van der Waals surface area (Å²) in [5.74, 6) is -0.764. The van der Waals surface area contributed by atoms with Gasteiger partial charge in [-0.2, -0.15) is 0 Å². The molecular formula is C14H22FN3O. The van der Waals surface area contributed by atoms with Crippen molar-refractivity contribution in [1.82, 2.24) is 5.32 Å². The number of hydrogen-bond donors (Lipinski definition) is 2. The highest BCUT2D eigenvalue weighted by Crippen LogP contribution is 2.21. The first kappa shape index (κ1) is 15.4. The molecule has 0 saturated carbocycles. The maximum atomic E-state index is 14.1. The number of anilines is 1. The molecule has 19 heavy (non-hydrogen) atoms. The molecule has 106 valence electrons. The van der Waals surface area contributed by atoms with Crippen molar-refractivity contribution in [2.75, 3.05) is 25.0 Å². The fraction of sp³-hybridized carbons (Fsp3) is 0.500. The SMILES string of the molecule is CCCCN(CC(N)=O)c1ccc(CNC)cc1F. The van der Waals surface area contributed by atoms with Gasteiger partial charge >= 0.3 is 0 Å². The minimum Gasteiger partial charge on any atom is -0.368 e. The van der Waals surface area contributed by atoms with E-state index in [0.29, 0.717) is 18.8 Å². The van der Waals surface area contributed by atoms with Crippen LogP contribution in [0.5, 0.6) is 0 Å². The van der Waals surface area contributed by atoms with Crippen molar-refractivity contribution in [3.8, 4) is 0 Å². The van der Waals surface area contributed by atoms with Gasteiger partial charge in [0.1, 0.15) is 5.82 Å². The van der Waals surface area contributed by atoms with Crippen molar-refractivity contribution >= 4 is 11.6 Å². The number of primary amides is 1. The second-order valence-corrected chi connectivity index (χ2v) is 4.56. The second-order valence-electron chi connectivity index (χ2n) is 4.56. The Morgan fingerprint density at radius 3 is 2.74 bits per heavy atom. The molecule has 0 bridgehead atoms. The van der Waals surface area contributed by atoms with Crippen LogP contribution in [0.25, 0.3) is 0 Å². The molecule has 0 fully saturated rings. The lowest BCUT2D eigenvalue weighted by atomic mass is 10.1. The first-order chi connectivity index (χ1) is 9.08. The van der Waals surface area contributed by atoms with Gasteiger partial charge in [0.25, 0.3) is 0 Å². The molecule has 0 aliphatic rings. The Labute approximate surface area is 113 Å². The molecule has 0 atom stereocenters. The molecule has 0 aromatic heterocycles. The highest BCUT2D eigenvalue weighted by atomic mass is 19.1. The van der Waals surface area contributed by atoms with E-state index in [1.54, 1.807) is 11.0 Å². The average molecular weight is 267 g/mol. The van der Waals surface area contributed by atoms with Crippen molar-refractivity contribution in [3.63, 3.8) is 0 Å². The Hall–Kier alpha value is -1.62. The predicted octanol–water partition coefficient (Wildman–Crippen LogP) is 1.64. The summed E-state index contributed by atoms with van der Waals surface area (Å²) in [6, 6.07) is 5.06. The van der Waals surface area contributed by atoms with Gasteiger partial charge in [-0.05, 0) is 31.2 Å². The van der Waals surface area contributed by atoms with E-state index in [1.807, 2.05) is 13.1 Å². The van der Waals surface area contributed by atoms with Crippen LogP contribution in [0.1, 0.15) is 25.3 Å². The number of nitrogens with zero attached hydrogens (tertiary/aromatic N) is 1. The number of amides is 1. The normalized spacial score (nSPS) is 10.5. The highest BCUT2D eigenvalue weighted by Gasteiger charge is 2.13. The van der Waals surface area contributed by atoms with Gasteiger partial charge in [-0.15, -0.1) is 0 Å². The number of hydrogen-bond acceptors (Lipinski definition) is 3. The fourth-order valence-electron chi connectivity index (χ4n) is 1.94. The number of carbonyl (C=O) groups is 1. The summed E-state index contributed by atoms with van der Waals surface area (Å²) < 4.78 is 14.1. The van der Waals surface area contributed by atoms with Crippen LogP contribution < -0.4 is 16.0 Å². The lowest BCUT2D eigenvalue weighted by Gasteiger charge is -2.24. The summed E-state index contributed by atoms with van der Waals surface area (Å²) in [5, 5.41) is 2.97. The van der Waals surface area contributed by atoms with Gasteiger partial charge in [0, 0.05) is 13.1 Å². The van der Waals surface area contributed by atoms with E-state index < -0.39 is 5.91 Å². The first-order valence-corrected chi connectivity index (χ1v) is 6.54. The van der Waals surface area contributed by atoms with Crippen LogP contribution in [-0.4, -0.2) is 26.0 Å². The zero-order chi connectivity index (χ0) is 14.3. The molecule has 0 aliphatic carbocycles. The Bertz CT molecular complexity index is 423. The van der Waals surface area contributed by atoms with E-state index >= 15 is 0 Å². The van der Waals surface area contributed by atoms with Gasteiger partial charge < -0.3 is 16.0 Å². The highest BCUT2D eigenvalue weighted by molar-refractivity contribution is 5.79. The van der Waals surface area contributed by atoms with E-state index in [0.717, 1.165) is 18.4 Å². The molecule has 0 saturated heterocycles. The monoisotopic (exact) mass is 267 g/mol. The summed E-state index contributed by atoms with van der Waals surface area (Å²) in [4.78, 5) is 12.8. The van der Waals surface area contributed by atoms with E-state index in [4.69, 9.17) is 5.73 Å². The molecule has 4 nitrogen and oxygen atoms in total. The third-order valence-electron chi connectivity index (χ3n) is 2.86. The molecule has 1 amide bonds. The minimum absolute atomic E-state index is 0.0439. The summed E-state index contributed by atoms with van der Waals surface area (Å²) in [6.07, 6.45) is 1.87. The Morgan fingerprint density at radius 1 is 1.47 bits per heavy atom. The van der Waals surface area contributed by atoms with E-state index in [1.165, 1.54) is 6.07 Å². The number of nitrogens with one attached hydrogen (secondary N) is 1. The van der Waals surface area contributed by atoms with Crippen LogP contribution in [0.2, 0.25) is 0 Å². The zero-order valence-electron chi connectivity index (χ0n) is 11.6. The largest absolute Gasteiger partial charge is 0.368 e. The van der Waals surface area contributed by atoms with Gasteiger partial charge in [0.15, 0.2) is 0 Å². The van der Waals surface area contributed by atoms with Crippen LogP contribution in [0.3, 0.4) is 0 Å². The molecule has 0 aliphatic heterocycles. The lowest BCUT2D eigenvalue weighted by Crippen LogP contribution is -2.35. The minimum atomic E-state index is -0.449. The molecule has 1 aromatic carbocycles. The number of carbonyl (C=O) groups excluding carboxylic acids is 1. The van der Waals surface area contributed by atoms with Crippen molar-refractivity contribution in [1.29, 1.82) is 0 Å². The average Bonchev–Trinajstić information content (AvgIpc) is 2.35. The number of halogens is 1. The summed E-state index contributed by atoms with van der Waals surface area (Å²) in [6.45, 7) is 3.33. The van der Waals surface area contributed by atoms with E-state index in [-0.39, 0.29) is 12.4 Å². The maximum Gasteiger partial charge on any atom is 0.236 e. The fourth-order valence-corrected chi connectivity index (χ4v) is 1.94. The van der Waals surface area contributed by atoms with Crippen molar-refractivity contribution in [2.45, 2.75) is 26.3 Å². The molecule has 3 N–H and O–H groups in total. The molecule has 1 aromatic rings. The standard InChI is InChI=1S/C14H22FN3O/c1-3-4-7-18(10-14(16)19)13-6-5-11(9-17-2)8-12(13)15/h5-6,8,17H,3-4,7,9-10H2,1-2H3,(H2,16,19). The number of unbranched alkanes of at least 4 members (excludes halogenated alkanes) is 1. The third-order valence-corrected chi connectivity index (χ3v) is 2.86. The predicted molar refractivity (Wildman–Crippen MR) is 75.5 cm³/mol. The second kappa shape index (κ2) is 7.74. The maximum absolute atomic E-state index is 14.1. The van der Waals surface area contributed by atoms with E-state index in [2.05, 4.69) is 12.2 Å². The summed E-state index contributed by atoms with van der Waals surface area (Å²) in [5.41, 5.74) is 6.53. The van der Waals surface area contributed by atoms with Crippen LogP contribution in [0.4, 0.5) is 10.1 Å². The zero-order valence-corrected chi connectivity index (χ0v) is 11.6. The van der Waals surface area contributed by atoms with Crippen LogP contribution in [-0.2, 0) is 11.3 Å². The Balaban J connectivity index is 2.90. The topological polar surface area (TPSA) is 58.4 Å². The molecule has 0 heterocycles. The van der Waals surface area contributed by atoms with Crippen LogP contribution >= 0.6 is 0 Å². The third kappa shape index (κ3) is 4.87. The molecule has 0 radical (unpaired) electrons. The smallest absolute Gasteiger partial charge is 0.236 e. The van der Waals surface area contributed by atoms with Crippen LogP contribution in [0, 0.1) is 5.82 Å². The molecule has 1 rings (SSSR count). The van der Waals surface area contributed by atoms with Gasteiger partial charge in [-0.3, -0.25) is 4.79 Å². The quantitative estimate of drug-likeness (QED) is 0.753. The summed E-state index contributed by atoms with van der Waals surface area (Å²) >= 11 is 0. The Kier molecular flexibility index (Phi) is 6.29. The number of nitrogens with two attached hydrogens (primary N) is 1. The number of benzene rings is 1. The lowest BCUT2D eigenvalue weighted by molar-refractivity contribution is -0.116. The summed E-state index contributed by atoms with van der Waals surface area (Å²) in [7, 11) is 1.81. The first-order valence-electron chi connectivity index (χ1n) is 6.54. The van der Waals surface area contributed by atoms with Gasteiger partial charge in [-0.1, -0.05) is 19.4 Å². The van der Waals surface area contributed by atoms with Gasteiger partial charge in [0.2, 0.25) is 5.91 Å². The van der Waals surface area contributed by atoms with Crippen molar-refractivity contribution < 1.29 is 9.18 Å². The van der Waals surface area contributed by atoms with Crippen LogP contribution in [0.15, 0.2) is 18.2 Å². The van der Waals surface area contributed by atoms with E-state index in [9.17, 15) is 9.18 Å². The molecule has 0 unspecified atom stereocenters. The van der Waals surface area contributed by atoms with Gasteiger partial charge in [-0.25, -0.2) is 4.39 Å². The number of rotatable bonds is 8. The van der Waals surface area contributed by atoms with Gasteiger partial charge in [0.05, 0.1) is 12.2 Å². The van der Waals surface area contributed by atoms with Crippen molar-refractivity contribution in [2.24, 2.45) is 5.73 Å². The molecule has 5 heteroatoms. The van der Waals surface area contributed by atoms with Crippen molar-refractivity contribution in [3.05, 3.63) is 29.6 Å². The molecular weight excluding hydrogens is 245 g/mol. The molecule has 0 spiro atoms. The Morgan fingerprint density at radius 2 is 2.21 bits per heavy atom.